The lowest BCUT2D eigenvalue weighted by Gasteiger charge is -2.23. The fourth-order valence-electron chi connectivity index (χ4n) is 1.83. The summed E-state index contributed by atoms with van der Waals surface area (Å²) in [6.45, 7) is 0. The molecule has 1 aliphatic heterocycles. The lowest BCUT2D eigenvalue weighted by molar-refractivity contribution is -0.150. The van der Waals surface area contributed by atoms with Gasteiger partial charge >= 0.3 is 11.9 Å². The third kappa shape index (κ3) is 2.40. The largest absolute Gasteiger partial charge is 0.468 e. The molecule has 0 aromatic carbocycles. The number of ether oxygens (including phenoxy) is 2. The molecule has 0 aliphatic carbocycles. The maximum absolute atomic E-state index is 11.8. The van der Waals surface area contributed by atoms with Crippen molar-refractivity contribution < 1.29 is 19.1 Å². The van der Waals surface area contributed by atoms with Gasteiger partial charge in [-0.05, 0) is 12.1 Å². The molecule has 7 nitrogen and oxygen atoms in total. The fourth-order valence-corrected chi connectivity index (χ4v) is 1.83. The van der Waals surface area contributed by atoms with Crippen LogP contribution < -0.4 is 5.01 Å². The average molecular weight is 263 g/mol. The first-order chi connectivity index (χ1) is 9.19. The van der Waals surface area contributed by atoms with Crippen molar-refractivity contribution in [3.63, 3.8) is 0 Å². The van der Waals surface area contributed by atoms with Gasteiger partial charge in [0.1, 0.15) is 11.7 Å². The number of nitrogens with zero attached hydrogens (tertiary/aromatic N) is 3. The van der Waals surface area contributed by atoms with Gasteiger partial charge in [0.2, 0.25) is 0 Å². The molecule has 2 rings (SSSR count). The van der Waals surface area contributed by atoms with Crippen molar-refractivity contribution in [1.29, 1.82) is 0 Å². The van der Waals surface area contributed by atoms with Crippen LogP contribution in [0.3, 0.4) is 0 Å². The van der Waals surface area contributed by atoms with E-state index in [2.05, 4.69) is 14.8 Å². The first-order valence-electron chi connectivity index (χ1n) is 5.59. The molecule has 1 aromatic rings. The normalized spacial score (nSPS) is 21.3. The lowest BCUT2D eigenvalue weighted by Crippen LogP contribution is -2.44. The summed E-state index contributed by atoms with van der Waals surface area (Å²) in [5.41, 5.74) is 0. The average Bonchev–Trinajstić information content (AvgIpc) is 2.91. The number of methoxy groups -OCH3 is 2. The summed E-state index contributed by atoms with van der Waals surface area (Å²) < 4.78 is 9.37. The third-order valence-corrected chi connectivity index (χ3v) is 2.76. The van der Waals surface area contributed by atoms with Gasteiger partial charge in [0.15, 0.2) is 6.04 Å². The Bertz CT molecular complexity index is 503. The van der Waals surface area contributed by atoms with E-state index in [-0.39, 0.29) is 0 Å². The van der Waals surface area contributed by atoms with Gasteiger partial charge in [-0.25, -0.2) is 14.8 Å². The smallest absolute Gasteiger partial charge is 0.332 e. The van der Waals surface area contributed by atoms with E-state index in [4.69, 9.17) is 4.74 Å². The minimum Gasteiger partial charge on any atom is -0.468 e. The fraction of sp³-hybridized carbons (Fsp3) is 0.333. The Labute approximate surface area is 109 Å². The molecule has 0 bridgehead atoms. The van der Waals surface area contributed by atoms with Crippen molar-refractivity contribution >= 4 is 24.0 Å². The highest BCUT2D eigenvalue weighted by atomic mass is 16.5. The van der Waals surface area contributed by atoms with Gasteiger partial charge in [0.05, 0.1) is 14.2 Å². The first kappa shape index (κ1) is 13.0. The van der Waals surface area contributed by atoms with Crippen LogP contribution in [0.4, 0.5) is 5.82 Å². The van der Waals surface area contributed by atoms with E-state index in [1.807, 2.05) is 0 Å². The van der Waals surface area contributed by atoms with E-state index in [1.54, 1.807) is 24.4 Å². The minimum atomic E-state index is -0.896. The molecule has 1 aliphatic rings. The van der Waals surface area contributed by atoms with Crippen LogP contribution in [0.5, 0.6) is 0 Å². The predicted molar refractivity (Wildman–Crippen MR) is 66.5 cm³/mol. The van der Waals surface area contributed by atoms with Crippen LogP contribution in [0.25, 0.3) is 0 Å². The van der Waals surface area contributed by atoms with Crippen molar-refractivity contribution in [2.75, 3.05) is 19.2 Å². The second-order valence-corrected chi connectivity index (χ2v) is 3.81. The monoisotopic (exact) mass is 263 g/mol. The molecule has 0 saturated heterocycles. The molecule has 0 saturated carbocycles. The van der Waals surface area contributed by atoms with Crippen molar-refractivity contribution in [2.45, 2.75) is 6.04 Å². The maximum atomic E-state index is 11.8. The Kier molecular flexibility index (Phi) is 3.74. The molecule has 0 spiro atoms. The van der Waals surface area contributed by atoms with Crippen molar-refractivity contribution in [3.05, 3.63) is 24.4 Å². The lowest BCUT2D eigenvalue weighted by atomic mass is 10.0. The Morgan fingerprint density at radius 2 is 1.95 bits per heavy atom. The van der Waals surface area contributed by atoms with Crippen LogP contribution in [0.15, 0.2) is 29.5 Å². The summed E-state index contributed by atoms with van der Waals surface area (Å²) in [5, 5.41) is 5.41. The molecule has 7 heteroatoms. The van der Waals surface area contributed by atoms with E-state index in [1.165, 1.54) is 25.4 Å². The topological polar surface area (TPSA) is 81.1 Å². The Morgan fingerprint density at radius 3 is 2.53 bits per heavy atom. The molecular formula is C12H13N3O4. The summed E-state index contributed by atoms with van der Waals surface area (Å²) in [5.74, 6) is -1.46. The second-order valence-electron chi connectivity index (χ2n) is 3.81. The number of aromatic nitrogens is 1. The number of anilines is 1. The molecule has 0 unspecified atom stereocenters. The molecule has 1 aromatic heterocycles. The van der Waals surface area contributed by atoms with Crippen LogP contribution in [0, 0.1) is 5.92 Å². The molecule has 0 radical (unpaired) electrons. The Balaban J connectivity index is 2.32. The van der Waals surface area contributed by atoms with Gasteiger partial charge in [-0.1, -0.05) is 6.07 Å². The zero-order chi connectivity index (χ0) is 13.8. The number of esters is 2. The molecular weight excluding hydrogens is 250 g/mol. The van der Waals surface area contributed by atoms with Gasteiger partial charge in [-0.15, -0.1) is 0 Å². The molecule has 0 amide bonds. The molecule has 2 atom stereocenters. The summed E-state index contributed by atoms with van der Waals surface area (Å²) in [7, 11) is 2.51. The number of carbonyl (C=O) groups is 2. The molecule has 2 heterocycles. The van der Waals surface area contributed by atoms with Crippen LogP contribution >= 0.6 is 0 Å². The van der Waals surface area contributed by atoms with Gasteiger partial charge in [-0.2, -0.15) is 5.10 Å². The molecule has 19 heavy (non-hydrogen) atoms. The number of hydrazone groups is 1. The number of hydrogen-bond acceptors (Lipinski definition) is 7. The van der Waals surface area contributed by atoms with Gasteiger partial charge < -0.3 is 9.47 Å². The number of pyridine rings is 1. The Morgan fingerprint density at radius 1 is 1.21 bits per heavy atom. The van der Waals surface area contributed by atoms with Crippen molar-refractivity contribution in [1.82, 2.24) is 4.98 Å². The van der Waals surface area contributed by atoms with Gasteiger partial charge in [0.25, 0.3) is 0 Å². The highest BCUT2D eigenvalue weighted by Crippen LogP contribution is 2.25. The quantitative estimate of drug-likeness (QED) is 0.725. The van der Waals surface area contributed by atoms with Crippen LogP contribution in [0.2, 0.25) is 0 Å². The zero-order valence-corrected chi connectivity index (χ0v) is 10.5. The molecule has 0 fully saturated rings. The highest BCUT2D eigenvalue weighted by molar-refractivity contribution is 6.00. The first-order valence-corrected chi connectivity index (χ1v) is 5.59. The number of carbonyl (C=O) groups excluding carboxylic acids is 2. The van der Waals surface area contributed by atoms with Crippen LogP contribution in [-0.4, -0.2) is 43.4 Å². The molecule has 0 N–H and O–H groups in total. The van der Waals surface area contributed by atoms with Gasteiger partial charge in [0, 0.05) is 12.4 Å². The SMILES string of the molecule is COC(=O)[C@H]1C=NN(c2ccccn2)[C@@H]1C(=O)OC. The summed E-state index contributed by atoms with van der Waals surface area (Å²) >= 11 is 0. The van der Waals surface area contributed by atoms with E-state index >= 15 is 0 Å². The summed E-state index contributed by atoms with van der Waals surface area (Å²) in [6.07, 6.45) is 2.94. The van der Waals surface area contributed by atoms with E-state index in [0.717, 1.165) is 0 Å². The van der Waals surface area contributed by atoms with Crippen molar-refractivity contribution in [3.8, 4) is 0 Å². The summed E-state index contributed by atoms with van der Waals surface area (Å²) in [4.78, 5) is 27.6. The molecule has 100 valence electrons. The highest BCUT2D eigenvalue weighted by Gasteiger charge is 2.43. The zero-order valence-electron chi connectivity index (χ0n) is 10.5. The second kappa shape index (κ2) is 5.47. The van der Waals surface area contributed by atoms with Gasteiger partial charge in [-0.3, -0.25) is 4.79 Å². The predicted octanol–water partition coefficient (Wildman–Crippen LogP) is 0.218. The Hall–Kier alpha value is -2.44. The maximum Gasteiger partial charge on any atom is 0.332 e. The number of rotatable bonds is 3. The third-order valence-electron chi connectivity index (χ3n) is 2.76. The van der Waals surface area contributed by atoms with E-state index in [9.17, 15) is 9.59 Å². The minimum absolute atomic E-state index is 0.459. The number of hydrogen-bond donors (Lipinski definition) is 0. The van der Waals surface area contributed by atoms with Crippen LogP contribution in [-0.2, 0) is 19.1 Å². The van der Waals surface area contributed by atoms with Crippen molar-refractivity contribution in [2.24, 2.45) is 11.0 Å². The summed E-state index contributed by atoms with van der Waals surface area (Å²) in [6, 6.07) is 4.30. The van der Waals surface area contributed by atoms with E-state index < -0.39 is 23.9 Å². The standard InChI is InChI=1S/C12H13N3O4/c1-18-11(16)8-7-14-15(10(8)12(17)19-2)9-5-3-4-6-13-9/h3-8,10H,1-2H3/t8-,10-/m0/s1. The van der Waals surface area contributed by atoms with Crippen LogP contribution in [0.1, 0.15) is 0 Å². The van der Waals surface area contributed by atoms with E-state index in [0.29, 0.717) is 5.82 Å².